The van der Waals surface area contributed by atoms with Crippen LogP contribution in [0.1, 0.15) is 166 Å². The number of phosphoric ester groups is 1. The van der Waals surface area contributed by atoms with Crippen molar-refractivity contribution in [3.05, 3.63) is 202 Å². The summed E-state index contributed by atoms with van der Waals surface area (Å²) in [6, 6.07) is 26.6. The monoisotopic (exact) mass is 1340 g/mol. The van der Waals surface area contributed by atoms with Gasteiger partial charge in [-0.1, -0.05) is 114 Å². The Hall–Kier alpha value is -5.56. The van der Waals surface area contributed by atoms with E-state index in [0.717, 1.165) is 102 Å². The molecule has 0 spiro atoms. The zero-order valence-electron chi connectivity index (χ0n) is 46.6. The van der Waals surface area contributed by atoms with Crippen molar-refractivity contribution >= 4 is 162 Å². The molecule has 9 heterocycles. The Balaban J connectivity index is 1.50. The zero-order chi connectivity index (χ0) is 61.1. The topological polar surface area (TPSA) is 198 Å². The summed E-state index contributed by atoms with van der Waals surface area (Å²) in [6.45, 7) is 5.45. The van der Waals surface area contributed by atoms with Gasteiger partial charge in [-0.3, -0.25) is 56.7 Å². The minimum atomic E-state index is -6.87. The summed E-state index contributed by atoms with van der Waals surface area (Å²) in [5.41, 5.74) is -10.2. The van der Waals surface area contributed by atoms with E-state index in [9.17, 15) is 0 Å². The van der Waals surface area contributed by atoms with E-state index in [4.69, 9.17) is 13.6 Å². The van der Waals surface area contributed by atoms with E-state index in [2.05, 4.69) is 0 Å². The zero-order valence-corrected chi connectivity index (χ0v) is 54.9. The maximum atomic E-state index is 18.7. The molecule has 9 aromatic heterocycles. The molecule has 0 fully saturated rings. The third-order valence-corrected chi connectivity index (χ3v) is 23.9. The third-order valence-electron chi connectivity index (χ3n) is 14.5. The molecular weight excluding hydrogens is 1280 g/mol. The second kappa shape index (κ2) is 29.2. The Morgan fingerprint density at radius 3 is 0.651 bits per heavy atom. The summed E-state index contributed by atoms with van der Waals surface area (Å²) >= 11 is 8.19. The van der Waals surface area contributed by atoms with Crippen molar-refractivity contribution in [3.8, 4) is 0 Å². The molecule has 0 aromatic carbocycles. The summed E-state index contributed by atoms with van der Waals surface area (Å²) in [6.07, 6.45) is 0.641. The lowest BCUT2D eigenvalue weighted by Gasteiger charge is -2.45. The second-order valence-corrected chi connectivity index (χ2v) is 29.8. The van der Waals surface area contributed by atoms with Gasteiger partial charge in [0.1, 0.15) is 0 Å². The van der Waals surface area contributed by atoms with Crippen LogP contribution in [0.2, 0.25) is 0 Å². The maximum Gasteiger partial charge on any atom is 0.479 e. The van der Waals surface area contributed by atoms with Crippen LogP contribution in [0, 0.1) is 17.8 Å². The van der Waals surface area contributed by atoms with Crippen LogP contribution >= 0.6 is 110 Å². The van der Waals surface area contributed by atoms with Gasteiger partial charge in [0.2, 0.25) is 51.5 Å². The minimum absolute atomic E-state index is 0.0567. The van der Waals surface area contributed by atoms with E-state index in [1.807, 2.05) is 20.8 Å². The standard InChI is InChI=1S/C63H57O13PS9/c1-4-7-19-40(52(64)43-22-10-31-78-43)61(55(67)46-25-13-34-81-46,56(68)47-26-14-35-82-47)74-77(73,75-62(57(69)48-27-15-36-83-48,58(70)49-28-16-37-84-49)41(20-8-5-2)53(65)44-23-11-32-79-44)76-63(59(71)50-29-17-38-85-50,60(72)51-30-18-39-86-51)42(21-9-6-3)54(66)45-24-12-33-80-45/h10-18,22-42H,4-9,19-21H2,1-3H3. The number of Topliss-reactive ketones (excluding diaryl/α,β-unsaturated/α-hetero) is 9. The van der Waals surface area contributed by atoms with Crippen LogP contribution in [0.3, 0.4) is 0 Å². The first-order valence-electron chi connectivity index (χ1n) is 27.6. The molecule has 0 amide bonds. The van der Waals surface area contributed by atoms with Crippen molar-refractivity contribution < 1.29 is 61.3 Å². The average Bonchev–Trinajstić information content (AvgIpc) is 0.935. The highest BCUT2D eigenvalue weighted by Crippen LogP contribution is 2.65. The first-order chi connectivity index (χ1) is 41.6. The van der Waals surface area contributed by atoms with Gasteiger partial charge < -0.3 is 0 Å². The van der Waals surface area contributed by atoms with Crippen LogP contribution < -0.4 is 0 Å². The Kier molecular flexibility index (Phi) is 22.0. The normalized spacial score (nSPS) is 13.8. The molecule has 0 aliphatic rings. The number of phosphoric acid groups is 1. The van der Waals surface area contributed by atoms with Gasteiger partial charge in [0.15, 0.2) is 17.3 Å². The number of carbonyl (C=O) groups is 9. The van der Waals surface area contributed by atoms with E-state index >= 15 is 47.7 Å². The molecule has 0 bridgehead atoms. The van der Waals surface area contributed by atoms with Crippen LogP contribution in [0.5, 0.6) is 0 Å². The first-order valence-corrected chi connectivity index (χ1v) is 36.9. The van der Waals surface area contributed by atoms with E-state index in [-0.39, 0.29) is 82.4 Å². The highest BCUT2D eigenvalue weighted by atomic mass is 32.1. The lowest BCUT2D eigenvalue weighted by atomic mass is 9.74. The lowest BCUT2D eigenvalue weighted by Crippen LogP contribution is -2.61. The molecule has 446 valence electrons. The van der Waals surface area contributed by atoms with Crippen LogP contribution in [-0.4, -0.2) is 68.9 Å². The predicted molar refractivity (Wildman–Crippen MR) is 346 cm³/mol. The Morgan fingerprint density at radius 2 is 0.500 bits per heavy atom. The average molecular weight is 1340 g/mol. The van der Waals surface area contributed by atoms with Crippen molar-refractivity contribution in [2.75, 3.05) is 0 Å². The molecule has 0 aliphatic heterocycles. The highest BCUT2D eigenvalue weighted by molar-refractivity contribution is 7.49. The second-order valence-electron chi connectivity index (χ2n) is 19.9. The Bertz CT molecular complexity index is 3240. The van der Waals surface area contributed by atoms with Crippen LogP contribution in [0.4, 0.5) is 0 Å². The molecule has 0 saturated carbocycles. The molecular formula is C63H57O13PS9. The van der Waals surface area contributed by atoms with Crippen LogP contribution in [0.25, 0.3) is 0 Å². The fraction of sp³-hybridized carbons (Fsp3) is 0.286. The number of ketones is 9. The summed E-state index contributed by atoms with van der Waals surface area (Å²) < 4.78 is 40.3. The SMILES string of the molecule is CCCCC(C(=O)c1cccs1)C(OP(=O)(OC(C(=O)c1cccs1)(C(=O)c1cccs1)C(CCCC)C(=O)c1cccs1)OC(C(=O)c1cccs1)(C(=O)c1cccs1)C(CCCC)C(=O)c1cccs1)(C(=O)c1cccs1)C(=O)c1cccs1. The fourth-order valence-corrected chi connectivity index (χ4v) is 18.9. The summed E-state index contributed by atoms with van der Waals surface area (Å²) in [5.74, 6) is -15.7. The summed E-state index contributed by atoms with van der Waals surface area (Å²) in [5, 5.41) is 14.1. The van der Waals surface area contributed by atoms with Gasteiger partial charge in [0.05, 0.1) is 61.6 Å². The number of hydrogen-bond donors (Lipinski definition) is 0. The maximum absolute atomic E-state index is 18.7. The molecule has 0 aliphatic carbocycles. The molecule has 9 aromatic rings. The Labute approximate surface area is 533 Å². The van der Waals surface area contributed by atoms with Gasteiger partial charge in [-0.25, -0.2) is 4.57 Å². The third kappa shape index (κ3) is 13.1. The van der Waals surface area contributed by atoms with Crippen molar-refractivity contribution in [3.63, 3.8) is 0 Å². The van der Waals surface area contributed by atoms with E-state index in [0.29, 0.717) is 19.3 Å². The molecule has 23 heteroatoms. The van der Waals surface area contributed by atoms with Gasteiger partial charge >= 0.3 is 7.82 Å². The number of rotatable bonds is 36. The van der Waals surface area contributed by atoms with Gasteiger partial charge in [-0.15, -0.1) is 102 Å². The van der Waals surface area contributed by atoms with Crippen molar-refractivity contribution in [1.29, 1.82) is 0 Å². The quantitative estimate of drug-likeness (QED) is 0.0204. The van der Waals surface area contributed by atoms with E-state index in [1.165, 1.54) is 91.0 Å². The molecule has 0 N–H and O–H groups in total. The van der Waals surface area contributed by atoms with Crippen molar-refractivity contribution in [2.45, 2.75) is 95.4 Å². The summed E-state index contributed by atoms with van der Waals surface area (Å²) in [4.78, 5) is 146. The van der Waals surface area contributed by atoms with E-state index in [1.54, 1.807) is 66.6 Å². The highest BCUT2D eigenvalue weighted by Gasteiger charge is 2.70. The number of hydrogen-bond acceptors (Lipinski definition) is 22. The fourth-order valence-electron chi connectivity index (χ4n) is 10.4. The molecule has 0 saturated heterocycles. The number of carbonyl (C=O) groups excluding carboxylic acids is 9. The summed E-state index contributed by atoms with van der Waals surface area (Å²) in [7, 11) is -6.87. The largest absolute Gasteiger partial charge is 0.479 e. The van der Waals surface area contributed by atoms with Gasteiger partial charge in [0.25, 0.3) is 0 Å². The Morgan fingerprint density at radius 1 is 0.326 bits per heavy atom. The molecule has 3 atom stereocenters. The van der Waals surface area contributed by atoms with Crippen LogP contribution in [-0.2, 0) is 18.1 Å². The predicted octanol–water partition coefficient (Wildman–Crippen LogP) is 18.3. The number of unbranched alkanes of at least 4 members (excludes halogenated alkanes) is 3. The van der Waals surface area contributed by atoms with Crippen LogP contribution in [0.15, 0.2) is 158 Å². The molecule has 86 heavy (non-hydrogen) atoms. The van der Waals surface area contributed by atoms with E-state index < -0.39 is 94.4 Å². The first kappa shape index (κ1) is 64.9. The minimum Gasteiger partial charge on any atom is -0.293 e. The van der Waals surface area contributed by atoms with Gasteiger partial charge in [0, 0.05) is 0 Å². The molecule has 13 nitrogen and oxygen atoms in total. The molecule has 3 unspecified atom stereocenters. The van der Waals surface area contributed by atoms with Crippen molar-refractivity contribution in [2.24, 2.45) is 17.8 Å². The smallest absolute Gasteiger partial charge is 0.293 e. The molecule has 9 rings (SSSR count). The van der Waals surface area contributed by atoms with Gasteiger partial charge in [-0.05, 0) is 122 Å². The van der Waals surface area contributed by atoms with Gasteiger partial charge in [-0.2, -0.15) is 0 Å². The lowest BCUT2D eigenvalue weighted by molar-refractivity contribution is -0.0541. The molecule has 0 radical (unpaired) electrons. The number of thiophene rings is 9. The van der Waals surface area contributed by atoms with Crippen molar-refractivity contribution in [1.82, 2.24) is 0 Å².